The molecule has 0 saturated carbocycles. The van der Waals surface area contributed by atoms with Crippen molar-refractivity contribution in [3.8, 4) is 0 Å². The van der Waals surface area contributed by atoms with Gasteiger partial charge in [-0.25, -0.2) is 0 Å². The van der Waals surface area contributed by atoms with Crippen LogP contribution in [0.2, 0.25) is 10.0 Å². The lowest BCUT2D eigenvalue weighted by atomic mass is 10.2. The van der Waals surface area contributed by atoms with E-state index in [0.717, 1.165) is 16.8 Å². The van der Waals surface area contributed by atoms with Gasteiger partial charge in [0.1, 0.15) is 0 Å². The summed E-state index contributed by atoms with van der Waals surface area (Å²) in [5, 5.41) is 4.97. The van der Waals surface area contributed by atoms with Crippen LogP contribution in [0.4, 0.5) is 4.79 Å². The molecule has 4 nitrogen and oxygen atoms in total. The van der Waals surface area contributed by atoms with Crippen molar-refractivity contribution in [2.45, 2.75) is 0 Å². The minimum Gasteiger partial charge on any atom is -0.271 e. The lowest BCUT2D eigenvalue weighted by molar-refractivity contribution is -0.124. The first-order valence-corrected chi connectivity index (χ1v) is 6.31. The molecule has 1 aliphatic heterocycles. The number of carbonyl (C=O) groups excluding carboxylic acids is 2. The predicted octanol–water partition coefficient (Wildman–Crippen LogP) is 3.02. The normalized spacial score (nSPS) is 16.2. The van der Waals surface area contributed by atoms with Gasteiger partial charge in [-0.3, -0.25) is 9.59 Å². The molecule has 17 heavy (non-hydrogen) atoms. The number of nitrogens with zero attached hydrogens (tertiary/aromatic N) is 2. The summed E-state index contributed by atoms with van der Waals surface area (Å²) in [6.45, 7) is 0. The van der Waals surface area contributed by atoms with Crippen LogP contribution in [0.15, 0.2) is 23.3 Å². The van der Waals surface area contributed by atoms with Gasteiger partial charge in [-0.2, -0.15) is 10.1 Å². The SMILES string of the molecule is O=C1CSC(=O)N1N=Cc1cccc(Cl)c1Cl. The van der Waals surface area contributed by atoms with Gasteiger partial charge < -0.3 is 0 Å². The Morgan fingerprint density at radius 3 is 2.76 bits per heavy atom. The van der Waals surface area contributed by atoms with Gasteiger partial charge in [0.25, 0.3) is 5.91 Å². The molecule has 7 heteroatoms. The average Bonchev–Trinajstić information content (AvgIpc) is 2.62. The molecule has 0 bridgehead atoms. The number of amides is 2. The second-order valence-corrected chi connectivity index (χ2v) is 4.86. The third kappa shape index (κ3) is 2.62. The van der Waals surface area contributed by atoms with Crippen molar-refractivity contribution in [3.05, 3.63) is 33.8 Å². The van der Waals surface area contributed by atoms with E-state index in [4.69, 9.17) is 23.2 Å². The van der Waals surface area contributed by atoms with Gasteiger partial charge in [-0.05, 0) is 6.07 Å². The molecule has 88 valence electrons. The minimum atomic E-state index is -0.385. The summed E-state index contributed by atoms with van der Waals surface area (Å²) >= 11 is 12.7. The van der Waals surface area contributed by atoms with Gasteiger partial charge in [0.2, 0.25) is 0 Å². The first-order valence-electron chi connectivity index (χ1n) is 4.57. The number of hydrogen-bond acceptors (Lipinski definition) is 4. The van der Waals surface area contributed by atoms with Crippen LogP contribution < -0.4 is 0 Å². The molecular formula is C10H6Cl2N2O2S. The van der Waals surface area contributed by atoms with E-state index in [1.54, 1.807) is 18.2 Å². The fourth-order valence-electron chi connectivity index (χ4n) is 1.20. The highest BCUT2D eigenvalue weighted by Crippen LogP contribution is 2.25. The van der Waals surface area contributed by atoms with Crippen LogP contribution in [-0.2, 0) is 4.79 Å². The van der Waals surface area contributed by atoms with Crippen LogP contribution in [0, 0.1) is 0 Å². The molecule has 0 radical (unpaired) electrons. The zero-order valence-electron chi connectivity index (χ0n) is 8.39. The molecule has 1 aromatic rings. The summed E-state index contributed by atoms with van der Waals surface area (Å²) in [5.74, 6) is -0.214. The molecule has 0 aliphatic carbocycles. The van der Waals surface area contributed by atoms with Crippen molar-refractivity contribution < 1.29 is 9.59 Å². The quantitative estimate of drug-likeness (QED) is 0.786. The highest BCUT2D eigenvalue weighted by molar-refractivity contribution is 8.14. The van der Waals surface area contributed by atoms with E-state index in [1.807, 2.05) is 0 Å². The number of hydrazone groups is 1. The molecule has 0 spiro atoms. The lowest BCUT2D eigenvalue weighted by Gasteiger charge is -2.04. The Morgan fingerprint density at radius 2 is 2.12 bits per heavy atom. The fourth-order valence-corrected chi connectivity index (χ4v) is 2.20. The summed E-state index contributed by atoms with van der Waals surface area (Å²) in [5.41, 5.74) is 0.552. The molecule has 2 amide bonds. The van der Waals surface area contributed by atoms with E-state index >= 15 is 0 Å². The third-order valence-corrected chi connectivity index (χ3v) is 3.67. The molecule has 1 aromatic carbocycles. The maximum Gasteiger partial charge on any atom is 0.309 e. The Morgan fingerprint density at radius 1 is 1.35 bits per heavy atom. The lowest BCUT2D eigenvalue weighted by Crippen LogP contribution is -2.22. The van der Waals surface area contributed by atoms with Crippen LogP contribution in [0.1, 0.15) is 5.56 Å². The standard InChI is InChI=1S/C10H6Cl2N2O2S/c11-7-3-1-2-6(9(7)12)4-13-14-8(15)5-17-10(14)16/h1-4H,5H2. The molecule has 0 N–H and O–H groups in total. The van der Waals surface area contributed by atoms with Gasteiger partial charge in [-0.15, -0.1) is 0 Å². The molecule has 0 atom stereocenters. The monoisotopic (exact) mass is 288 g/mol. The van der Waals surface area contributed by atoms with Gasteiger partial charge >= 0.3 is 5.24 Å². The number of rotatable bonds is 2. The van der Waals surface area contributed by atoms with Crippen molar-refractivity contribution in [2.75, 3.05) is 5.75 Å². The van der Waals surface area contributed by atoms with Crippen molar-refractivity contribution in [3.63, 3.8) is 0 Å². The maximum atomic E-state index is 11.3. The zero-order valence-corrected chi connectivity index (χ0v) is 10.7. The van der Waals surface area contributed by atoms with Crippen LogP contribution in [0.5, 0.6) is 0 Å². The summed E-state index contributed by atoms with van der Waals surface area (Å²) < 4.78 is 0. The van der Waals surface area contributed by atoms with Gasteiger partial charge in [0.05, 0.1) is 22.0 Å². The van der Waals surface area contributed by atoms with Gasteiger partial charge in [-0.1, -0.05) is 47.1 Å². The van der Waals surface area contributed by atoms with Crippen molar-refractivity contribution in [1.82, 2.24) is 5.01 Å². The van der Waals surface area contributed by atoms with Crippen LogP contribution >= 0.6 is 35.0 Å². The number of halogens is 2. The van der Waals surface area contributed by atoms with E-state index in [2.05, 4.69) is 5.10 Å². The number of carbonyl (C=O) groups is 2. The summed E-state index contributed by atoms with van der Waals surface area (Å²) in [6.07, 6.45) is 1.34. The molecule has 0 aromatic heterocycles. The maximum absolute atomic E-state index is 11.3. The Kier molecular flexibility index (Phi) is 3.71. The van der Waals surface area contributed by atoms with Gasteiger partial charge in [0, 0.05) is 5.56 Å². The molecule has 1 heterocycles. The Bertz CT molecular complexity index is 503. The topological polar surface area (TPSA) is 49.7 Å². The first-order chi connectivity index (χ1) is 8.09. The highest BCUT2D eigenvalue weighted by Gasteiger charge is 2.29. The zero-order chi connectivity index (χ0) is 12.4. The van der Waals surface area contributed by atoms with E-state index in [-0.39, 0.29) is 16.9 Å². The average molecular weight is 289 g/mol. The van der Waals surface area contributed by atoms with E-state index in [9.17, 15) is 9.59 Å². The number of imide groups is 1. The van der Waals surface area contributed by atoms with Crippen LogP contribution in [-0.4, -0.2) is 28.1 Å². The molecule has 1 aliphatic rings. The smallest absolute Gasteiger partial charge is 0.271 e. The molecular weight excluding hydrogens is 283 g/mol. The summed E-state index contributed by atoms with van der Waals surface area (Å²) in [7, 11) is 0. The molecule has 0 unspecified atom stereocenters. The van der Waals surface area contributed by atoms with Crippen LogP contribution in [0.3, 0.4) is 0 Å². The predicted molar refractivity (Wildman–Crippen MR) is 68.8 cm³/mol. The largest absolute Gasteiger partial charge is 0.309 e. The van der Waals surface area contributed by atoms with E-state index in [0.29, 0.717) is 15.6 Å². The van der Waals surface area contributed by atoms with E-state index in [1.165, 1.54) is 6.21 Å². The first kappa shape index (κ1) is 12.4. The second kappa shape index (κ2) is 5.08. The second-order valence-electron chi connectivity index (χ2n) is 3.15. The van der Waals surface area contributed by atoms with E-state index < -0.39 is 0 Å². The fraction of sp³-hybridized carbons (Fsp3) is 0.100. The summed E-state index contributed by atoms with van der Waals surface area (Å²) in [4.78, 5) is 22.5. The van der Waals surface area contributed by atoms with Crippen LogP contribution in [0.25, 0.3) is 0 Å². The Balaban J connectivity index is 2.23. The number of thioether (sulfide) groups is 1. The molecule has 1 fully saturated rings. The Hall–Kier alpha value is -1.04. The Labute approximate surface area is 112 Å². The molecule has 2 rings (SSSR count). The number of benzene rings is 1. The van der Waals surface area contributed by atoms with Crippen molar-refractivity contribution >= 4 is 52.3 Å². The minimum absolute atomic E-state index is 0.124. The van der Waals surface area contributed by atoms with Crippen molar-refractivity contribution in [2.24, 2.45) is 5.10 Å². The number of hydrogen-bond donors (Lipinski definition) is 0. The van der Waals surface area contributed by atoms with Gasteiger partial charge in [0.15, 0.2) is 0 Å². The molecule has 1 saturated heterocycles. The van der Waals surface area contributed by atoms with Crippen molar-refractivity contribution in [1.29, 1.82) is 0 Å². The third-order valence-electron chi connectivity index (χ3n) is 2.02. The summed E-state index contributed by atoms with van der Waals surface area (Å²) in [6, 6.07) is 5.04. The highest BCUT2D eigenvalue weighted by atomic mass is 35.5.